The number of hydrogen-bond donors (Lipinski definition) is 1. The molecule has 1 heterocycles. The van der Waals surface area contributed by atoms with Crippen LogP contribution < -0.4 is 10.7 Å². The highest BCUT2D eigenvalue weighted by molar-refractivity contribution is 6.01. The van der Waals surface area contributed by atoms with Gasteiger partial charge < -0.3 is 14.6 Å². The highest BCUT2D eigenvalue weighted by Gasteiger charge is 2.23. The summed E-state index contributed by atoms with van der Waals surface area (Å²) in [7, 11) is 0. The van der Waals surface area contributed by atoms with Gasteiger partial charge in [0, 0.05) is 27.4 Å². The van der Waals surface area contributed by atoms with Crippen molar-refractivity contribution in [2.75, 3.05) is 5.32 Å². The Morgan fingerprint density at radius 1 is 0.861 bits per heavy atom. The van der Waals surface area contributed by atoms with E-state index in [0.29, 0.717) is 33.1 Å². The number of esters is 1. The molecule has 0 spiro atoms. The molecule has 0 unspecified atom stereocenters. The van der Waals surface area contributed by atoms with Crippen LogP contribution in [-0.4, -0.2) is 28.3 Å². The maximum Gasteiger partial charge on any atom is 0.326 e. The van der Waals surface area contributed by atoms with Crippen LogP contribution in [0.5, 0.6) is 0 Å². The van der Waals surface area contributed by atoms with Crippen LogP contribution in [0.4, 0.5) is 5.69 Å². The molecule has 7 heteroatoms. The third kappa shape index (κ3) is 5.05. The fourth-order valence-corrected chi connectivity index (χ4v) is 3.94. The Hall–Kier alpha value is -4.26. The summed E-state index contributed by atoms with van der Waals surface area (Å²) in [5.74, 6) is -1.08. The van der Waals surface area contributed by atoms with Crippen LogP contribution in [0.3, 0.4) is 0 Å². The molecule has 0 saturated carbocycles. The van der Waals surface area contributed by atoms with Crippen LogP contribution in [0.1, 0.15) is 38.1 Å². The third-order valence-corrected chi connectivity index (χ3v) is 5.95. The molecule has 4 rings (SSSR count). The molecule has 0 radical (unpaired) electrons. The molecule has 36 heavy (non-hydrogen) atoms. The number of pyridine rings is 1. The quantitative estimate of drug-likeness (QED) is 0.237. The van der Waals surface area contributed by atoms with Gasteiger partial charge in [-0.1, -0.05) is 45.0 Å². The van der Waals surface area contributed by atoms with Crippen molar-refractivity contribution in [1.82, 2.24) is 4.57 Å². The summed E-state index contributed by atoms with van der Waals surface area (Å²) >= 11 is 0. The molecule has 1 amide bonds. The van der Waals surface area contributed by atoms with E-state index in [1.807, 2.05) is 20.8 Å². The van der Waals surface area contributed by atoms with Crippen molar-refractivity contribution in [3.8, 4) is 0 Å². The van der Waals surface area contributed by atoms with E-state index >= 15 is 0 Å². The maximum absolute atomic E-state index is 12.9. The molecule has 4 aromatic rings. The second-order valence-electron chi connectivity index (χ2n) is 9.73. The first kappa shape index (κ1) is 24.9. The van der Waals surface area contributed by atoms with Crippen molar-refractivity contribution < 1.29 is 19.1 Å². The number of Topliss-reactive ketones (excluding diaryl/α,β-unsaturated/α-hetero) is 1. The van der Waals surface area contributed by atoms with Crippen LogP contribution in [0.15, 0.2) is 77.6 Å². The third-order valence-electron chi connectivity index (χ3n) is 5.95. The number of rotatable bonds is 6. The highest BCUT2D eigenvalue weighted by atomic mass is 16.5. The second-order valence-corrected chi connectivity index (χ2v) is 9.73. The molecule has 0 aliphatic rings. The number of amides is 1. The summed E-state index contributed by atoms with van der Waals surface area (Å²) in [5.41, 5.74) is 1.53. The zero-order valence-electron chi connectivity index (χ0n) is 20.7. The molecule has 1 N–H and O–H groups in total. The molecule has 0 aliphatic heterocycles. The van der Waals surface area contributed by atoms with Gasteiger partial charge >= 0.3 is 5.97 Å². The van der Waals surface area contributed by atoms with Gasteiger partial charge in [-0.3, -0.25) is 19.2 Å². The molecule has 7 nitrogen and oxygen atoms in total. The SMILES string of the molecule is C[C@@H](OC(=O)Cn1c2ccccc2c(=O)c2ccccc21)C(=O)c1ccc(NC(=O)C(C)(C)C)cc1. The predicted molar refractivity (Wildman–Crippen MR) is 140 cm³/mol. The number of ketones is 1. The predicted octanol–water partition coefficient (Wildman–Crippen LogP) is 4.95. The number of para-hydroxylation sites is 2. The van der Waals surface area contributed by atoms with Gasteiger partial charge in [0.05, 0.1) is 11.0 Å². The van der Waals surface area contributed by atoms with Gasteiger partial charge in [0.1, 0.15) is 6.54 Å². The smallest absolute Gasteiger partial charge is 0.326 e. The summed E-state index contributed by atoms with van der Waals surface area (Å²) in [6, 6.07) is 20.7. The van der Waals surface area contributed by atoms with Gasteiger partial charge in [0.25, 0.3) is 0 Å². The van der Waals surface area contributed by atoms with Gasteiger partial charge in [-0.15, -0.1) is 0 Å². The Bertz CT molecular complexity index is 1470. The maximum atomic E-state index is 12.9. The van der Waals surface area contributed by atoms with Gasteiger partial charge in [0.2, 0.25) is 11.7 Å². The molecule has 0 fully saturated rings. The Morgan fingerprint density at radius 2 is 1.39 bits per heavy atom. The fraction of sp³-hybridized carbons (Fsp3) is 0.241. The standard InChI is InChI=1S/C29H28N2O5/c1-18(26(33)19-13-15-20(16-14-19)30-28(35)29(2,3)4)36-25(32)17-31-23-11-7-5-9-21(23)27(34)22-10-6-8-12-24(22)31/h5-16,18H,17H2,1-4H3,(H,30,35)/t18-/m1/s1. The minimum absolute atomic E-state index is 0.100. The van der Waals surface area contributed by atoms with Crippen LogP contribution in [0.2, 0.25) is 0 Å². The summed E-state index contributed by atoms with van der Waals surface area (Å²) in [6.45, 7) is 6.81. The first-order valence-corrected chi connectivity index (χ1v) is 11.7. The van der Waals surface area contributed by atoms with E-state index in [2.05, 4.69) is 5.32 Å². The molecule has 184 valence electrons. The first-order chi connectivity index (χ1) is 17.1. The summed E-state index contributed by atoms with van der Waals surface area (Å²) < 4.78 is 7.22. The van der Waals surface area contributed by atoms with Gasteiger partial charge in [-0.05, 0) is 55.5 Å². The normalized spacial score (nSPS) is 12.3. The first-order valence-electron chi connectivity index (χ1n) is 11.7. The van der Waals surface area contributed by atoms with E-state index < -0.39 is 17.5 Å². The van der Waals surface area contributed by atoms with Crippen LogP contribution >= 0.6 is 0 Å². The van der Waals surface area contributed by atoms with Crippen LogP contribution in [0, 0.1) is 5.41 Å². The number of nitrogens with one attached hydrogen (secondary N) is 1. The van der Waals surface area contributed by atoms with Crippen LogP contribution in [-0.2, 0) is 20.9 Å². The Balaban J connectivity index is 1.51. The summed E-state index contributed by atoms with van der Waals surface area (Å²) in [6.07, 6.45) is -1.01. The molecule has 3 aromatic carbocycles. The molecular weight excluding hydrogens is 456 g/mol. The number of anilines is 1. The van der Waals surface area contributed by atoms with Crippen molar-refractivity contribution in [2.24, 2.45) is 5.41 Å². The topological polar surface area (TPSA) is 94.5 Å². The van der Waals surface area contributed by atoms with Crippen LogP contribution in [0.25, 0.3) is 21.8 Å². The van der Waals surface area contributed by atoms with E-state index in [9.17, 15) is 19.2 Å². The minimum Gasteiger partial charge on any atom is -0.453 e. The number of benzene rings is 3. The molecule has 1 atom stereocenters. The number of fused-ring (bicyclic) bond motifs is 2. The lowest BCUT2D eigenvalue weighted by molar-refractivity contribution is -0.146. The van der Waals surface area contributed by atoms with Crippen molar-refractivity contribution >= 4 is 45.2 Å². The number of nitrogens with zero attached hydrogens (tertiary/aromatic N) is 1. The average Bonchev–Trinajstić information content (AvgIpc) is 2.86. The second kappa shape index (κ2) is 9.77. The highest BCUT2D eigenvalue weighted by Crippen LogP contribution is 2.21. The van der Waals surface area contributed by atoms with E-state index in [1.54, 1.807) is 77.4 Å². The molecule has 0 aliphatic carbocycles. The fourth-order valence-electron chi connectivity index (χ4n) is 3.94. The van der Waals surface area contributed by atoms with Crippen molar-refractivity contribution in [3.63, 3.8) is 0 Å². The Kier molecular flexibility index (Phi) is 6.75. The Morgan fingerprint density at radius 3 is 1.92 bits per heavy atom. The summed E-state index contributed by atoms with van der Waals surface area (Å²) in [5, 5.41) is 3.82. The average molecular weight is 485 g/mol. The zero-order valence-corrected chi connectivity index (χ0v) is 20.7. The number of carbonyl (C=O) groups excluding carboxylic acids is 3. The van der Waals surface area contributed by atoms with E-state index in [1.165, 1.54) is 6.92 Å². The van der Waals surface area contributed by atoms with E-state index in [4.69, 9.17) is 4.74 Å². The van der Waals surface area contributed by atoms with E-state index in [0.717, 1.165) is 0 Å². The Labute approximate surface area is 208 Å². The zero-order chi connectivity index (χ0) is 26.0. The number of ether oxygens (including phenoxy) is 1. The lowest BCUT2D eigenvalue weighted by atomic mass is 9.95. The van der Waals surface area contributed by atoms with Crippen molar-refractivity contribution in [1.29, 1.82) is 0 Å². The largest absolute Gasteiger partial charge is 0.453 e. The van der Waals surface area contributed by atoms with Crippen molar-refractivity contribution in [3.05, 3.63) is 88.6 Å². The van der Waals surface area contributed by atoms with Gasteiger partial charge in [0.15, 0.2) is 11.5 Å². The molecule has 1 aromatic heterocycles. The minimum atomic E-state index is -1.01. The van der Waals surface area contributed by atoms with Gasteiger partial charge in [-0.2, -0.15) is 0 Å². The molecular formula is C29H28N2O5. The molecule has 0 saturated heterocycles. The lowest BCUT2D eigenvalue weighted by Gasteiger charge is -2.18. The summed E-state index contributed by atoms with van der Waals surface area (Å²) in [4.78, 5) is 50.8. The lowest BCUT2D eigenvalue weighted by Crippen LogP contribution is -2.28. The van der Waals surface area contributed by atoms with E-state index in [-0.39, 0.29) is 23.7 Å². The number of hydrogen-bond acceptors (Lipinski definition) is 5. The number of carbonyl (C=O) groups is 3. The van der Waals surface area contributed by atoms with Gasteiger partial charge in [-0.25, -0.2) is 0 Å². The van der Waals surface area contributed by atoms with Crippen molar-refractivity contribution in [2.45, 2.75) is 40.3 Å². The monoisotopic (exact) mass is 484 g/mol. The number of aromatic nitrogens is 1. The molecule has 0 bridgehead atoms.